The van der Waals surface area contributed by atoms with Crippen LogP contribution in [-0.4, -0.2) is 28.0 Å². The number of amides is 1. The van der Waals surface area contributed by atoms with Crippen molar-refractivity contribution in [1.82, 2.24) is 10.3 Å². The number of benzene rings is 1. The molecule has 1 atom stereocenters. The zero-order valence-corrected chi connectivity index (χ0v) is 12.4. The van der Waals surface area contributed by atoms with Crippen molar-refractivity contribution in [3.8, 4) is 0 Å². The lowest BCUT2D eigenvalue weighted by Crippen LogP contribution is -2.42. The number of nitrogens with one attached hydrogen (secondary N) is 1. The normalized spacial score (nSPS) is 11.9. The quantitative estimate of drug-likeness (QED) is 0.857. The Morgan fingerprint density at radius 1 is 1.33 bits per heavy atom. The van der Waals surface area contributed by atoms with Gasteiger partial charge in [0.05, 0.1) is 11.2 Å². The lowest BCUT2D eigenvalue weighted by molar-refractivity contribution is -0.139. The van der Waals surface area contributed by atoms with Gasteiger partial charge in [-0.2, -0.15) is 0 Å². The Balaban J connectivity index is 2.10. The Labute approximate surface area is 126 Å². The van der Waals surface area contributed by atoms with E-state index in [0.29, 0.717) is 17.0 Å². The molecule has 2 rings (SSSR count). The molecule has 2 N–H and O–H groups in total. The molecule has 110 valence electrons. The van der Waals surface area contributed by atoms with Gasteiger partial charge in [-0.05, 0) is 12.0 Å². The minimum atomic E-state index is -1.05. The summed E-state index contributed by atoms with van der Waals surface area (Å²) in [6, 6.07) is 8.27. The lowest BCUT2D eigenvalue weighted by Gasteiger charge is -2.14. The molecule has 0 unspecified atom stereocenters. The summed E-state index contributed by atoms with van der Waals surface area (Å²) in [7, 11) is 0. The van der Waals surface area contributed by atoms with Crippen molar-refractivity contribution in [2.75, 3.05) is 0 Å². The first-order valence-electron chi connectivity index (χ1n) is 6.61. The number of hydrogen-bond donors (Lipinski definition) is 2. The van der Waals surface area contributed by atoms with E-state index in [0.717, 1.165) is 5.56 Å². The highest BCUT2D eigenvalue weighted by molar-refractivity contribution is 7.11. The van der Waals surface area contributed by atoms with Gasteiger partial charge in [0.2, 0.25) is 0 Å². The maximum Gasteiger partial charge on any atom is 0.326 e. The van der Waals surface area contributed by atoms with Crippen molar-refractivity contribution in [3.05, 3.63) is 52.0 Å². The predicted molar refractivity (Wildman–Crippen MR) is 80.5 cm³/mol. The number of aromatic nitrogens is 1. The molecule has 0 radical (unpaired) electrons. The molecule has 0 saturated carbocycles. The van der Waals surface area contributed by atoms with Gasteiger partial charge in [-0.25, -0.2) is 9.78 Å². The second-order valence-electron chi connectivity index (χ2n) is 4.54. The van der Waals surface area contributed by atoms with E-state index in [2.05, 4.69) is 10.3 Å². The Kier molecular flexibility index (Phi) is 5.05. The van der Waals surface area contributed by atoms with Crippen LogP contribution in [0.3, 0.4) is 0 Å². The molecular weight excluding hydrogens is 288 g/mol. The van der Waals surface area contributed by atoms with Crippen LogP contribution in [0.15, 0.2) is 35.8 Å². The smallest absolute Gasteiger partial charge is 0.326 e. The molecule has 1 aromatic heterocycles. The van der Waals surface area contributed by atoms with E-state index in [1.54, 1.807) is 5.51 Å². The number of nitrogens with zero attached hydrogens (tertiary/aromatic N) is 1. The second kappa shape index (κ2) is 6.99. The van der Waals surface area contributed by atoms with Crippen LogP contribution in [0.4, 0.5) is 0 Å². The molecule has 0 fully saturated rings. The van der Waals surface area contributed by atoms with Crippen LogP contribution >= 0.6 is 11.3 Å². The first-order chi connectivity index (χ1) is 10.1. The molecule has 6 heteroatoms. The monoisotopic (exact) mass is 304 g/mol. The Bertz CT molecular complexity index is 625. The van der Waals surface area contributed by atoms with Gasteiger partial charge < -0.3 is 10.4 Å². The minimum Gasteiger partial charge on any atom is -0.480 e. The summed E-state index contributed by atoms with van der Waals surface area (Å²) in [6.45, 7) is 1.91. The highest BCUT2D eigenvalue weighted by atomic mass is 32.1. The number of carboxylic acids is 1. The Morgan fingerprint density at radius 2 is 2.05 bits per heavy atom. The van der Waals surface area contributed by atoms with Crippen LogP contribution in [0.1, 0.15) is 27.9 Å². The molecule has 0 spiro atoms. The molecule has 1 amide bonds. The van der Waals surface area contributed by atoms with E-state index >= 15 is 0 Å². The Hall–Kier alpha value is -2.21. The zero-order chi connectivity index (χ0) is 15.2. The van der Waals surface area contributed by atoms with Gasteiger partial charge in [0, 0.05) is 6.42 Å². The summed E-state index contributed by atoms with van der Waals surface area (Å²) in [6.07, 6.45) is 0.894. The summed E-state index contributed by atoms with van der Waals surface area (Å²) >= 11 is 1.23. The van der Waals surface area contributed by atoms with Crippen molar-refractivity contribution >= 4 is 23.2 Å². The SMILES string of the molecule is CCc1ncsc1C(=O)N[C@@H](Cc1ccccc1)C(=O)O. The summed E-state index contributed by atoms with van der Waals surface area (Å²) in [5.41, 5.74) is 3.16. The molecule has 1 aromatic carbocycles. The molecule has 0 aliphatic carbocycles. The van der Waals surface area contributed by atoms with Gasteiger partial charge in [0.1, 0.15) is 10.9 Å². The van der Waals surface area contributed by atoms with Crippen LogP contribution in [0, 0.1) is 0 Å². The third-order valence-electron chi connectivity index (χ3n) is 3.07. The van der Waals surface area contributed by atoms with Crippen LogP contribution in [-0.2, 0) is 17.6 Å². The maximum atomic E-state index is 12.2. The fourth-order valence-electron chi connectivity index (χ4n) is 1.98. The van der Waals surface area contributed by atoms with Crippen LogP contribution in [0.5, 0.6) is 0 Å². The van der Waals surface area contributed by atoms with E-state index in [4.69, 9.17) is 0 Å². The van der Waals surface area contributed by atoms with Gasteiger partial charge in [-0.15, -0.1) is 11.3 Å². The van der Waals surface area contributed by atoms with E-state index in [-0.39, 0.29) is 12.3 Å². The number of aryl methyl sites for hydroxylation is 1. The van der Waals surface area contributed by atoms with Crippen molar-refractivity contribution in [1.29, 1.82) is 0 Å². The van der Waals surface area contributed by atoms with Crippen molar-refractivity contribution in [3.63, 3.8) is 0 Å². The second-order valence-corrected chi connectivity index (χ2v) is 5.39. The summed E-state index contributed by atoms with van der Waals surface area (Å²) in [5.74, 6) is -1.42. The molecule has 0 aliphatic heterocycles. The zero-order valence-electron chi connectivity index (χ0n) is 11.6. The summed E-state index contributed by atoms with van der Waals surface area (Å²) in [5, 5.41) is 11.9. The third-order valence-corrected chi connectivity index (χ3v) is 3.94. The molecule has 21 heavy (non-hydrogen) atoms. The van der Waals surface area contributed by atoms with Gasteiger partial charge >= 0.3 is 5.97 Å². The van der Waals surface area contributed by atoms with Crippen LogP contribution < -0.4 is 5.32 Å². The molecule has 1 heterocycles. The number of carbonyl (C=O) groups is 2. The first-order valence-corrected chi connectivity index (χ1v) is 7.49. The van der Waals surface area contributed by atoms with Gasteiger partial charge in [0.25, 0.3) is 5.91 Å². The van der Waals surface area contributed by atoms with Crippen molar-refractivity contribution in [2.45, 2.75) is 25.8 Å². The predicted octanol–water partition coefficient (Wildman–Crippen LogP) is 2.13. The minimum absolute atomic E-state index is 0.252. The largest absolute Gasteiger partial charge is 0.480 e. The number of hydrogen-bond acceptors (Lipinski definition) is 4. The fourth-order valence-corrected chi connectivity index (χ4v) is 2.76. The number of carbonyl (C=O) groups excluding carboxylic acids is 1. The standard InChI is InChI=1S/C15H16N2O3S/c1-2-11-13(21-9-16-11)14(18)17-12(15(19)20)8-10-6-4-3-5-7-10/h3-7,9,12H,2,8H2,1H3,(H,17,18)(H,19,20)/t12-/m0/s1. The van der Waals surface area contributed by atoms with Crippen LogP contribution in [0.25, 0.3) is 0 Å². The van der Waals surface area contributed by atoms with E-state index in [9.17, 15) is 14.7 Å². The van der Waals surface area contributed by atoms with Gasteiger partial charge in [0.15, 0.2) is 0 Å². The fraction of sp³-hybridized carbons (Fsp3) is 0.267. The number of carboxylic acid groups (broad SMARTS) is 1. The van der Waals surface area contributed by atoms with Crippen molar-refractivity contribution < 1.29 is 14.7 Å². The van der Waals surface area contributed by atoms with Gasteiger partial charge in [-0.1, -0.05) is 37.3 Å². The maximum absolute atomic E-state index is 12.2. The van der Waals surface area contributed by atoms with E-state index < -0.39 is 12.0 Å². The summed E-state index contributed by atoms with van der Waals surface area (Å²) < 4.78 is 0. The lowest BCUT2D eigenvalue weighted by atomic mass is 10.1. The van der Waals surface area contributed by atoms with E-state index in [1.165, 1.54) is 11.3 Å². The van der Waals surface area contributed by atoms with Gasteiger partial charge in [-0.3, -0.25) is 4.79 Å². The molecule has 2 aromatic rings. The van der Waals surface area contributed by atoms with Crippen molar-refractivity contribution in [2.24, 2.45) is 0 Å². The highest BCUT2D eigenvalue weighted by Gasteiger charge is 2.23. The van der Waals surface area contributed by atoms with Crippen LogP contribution in [0.2, 0.25) is 0 Å². The number of rotatable bonds is 6. The summed E-state index contributed by atoms with van der Waals surface area (Å²) in [4.78, 5) is 28.1. The highest BCUT2D eigenvalue weighted by Crippen LogP contribution is 2.14. The average Bonchev–Trinajstić information content (AvgIpc) is 2.96. The van der Waals surface area contributed by atoms with E-state index in [1.807, 2.05) is 37.3 Å². The number of thiazole rings is 1. The Morgan fingerprint density at radius 3 is 2.67 bits per heavy atom. The third kappa shape index (κ3) is 3.88. The number of aliphatic carboxylic acids is 1. The molecule has 0 bridgehead atoms. The average molecular weight is 304 g/mol. The molecule has 0 aliphatic rings. The molecule has 0 saturated heterocycles. The molecule has 5 nitrogen and oxygen atoms in total. The molecular formula is C15H16N2O3S. The topological polar surface area (TPSA) is 79.3 Å². The first kappa shape index (κ1) is 15.2.